The minimum absolute atomic E-state index is 0.155. The molecule has 2 unspecified atom stereocenters. The van der Waals surface area contributed by atoms with Gasteiger partial charge >= 0.3 is 5.97 Å². The summed E-state index contributed by atoms with van der Waals surface area (Å²) in [6.07, 6.45) is -0.575. The molecular formula is C21H22N2O5. The first-order chi connectivity index (χ1) is 13.4. The van der Waals surface area contributed by atoms with Crippen molar-refractivity contribution in [1.82, 2.24) is 5.32 Å². The Labute approximate surface area is 162 Å². The van der Waals surface area contributed by atoms with Crippen molar-refractivity contribution in [3.63, 3.8) is 0 Å². The number of benzene rings is 2. The van der Waals surface area contributed by atoms with E-state index in [1.54, 1.807) is 68.4 Å². The molecule has 7 nitrogen and oxygen atoms in total. The number of anilines is 1. The number of carbonyl (C=O) groups is 3. The number of para-hydroxylation sites is 2. The molecule has 0 aliphatic carbocycles. The van der Waals surface area contributed by atoms with E-state index in [-0.39, 0.29) is 18.9 Å². The van der Waals surface area contributed by atoms with Gasteiger partial charge in [-0.25, -0.2) is 4.79 Å². The summed E-state index contributed by atoms with van der Waals surface area (Å²) in [5.41, 5.74) is -0.614. The van der Waals surface area contributed by atoms with E-state index in [2.05, 4.69) is 5.32 Å². The highest BCUT2D eigenvalue weighted by Gasteiger charge is 2.41. The van der Waals surface area contributed by atoms with E-state index < -0.39 is 23.5 Å². The molecule has 3 rings (SSSR count). The third-order valence-electron chi connectivity index (χ3n) is 4.89. The lowest BCUT2D eigenvalue weighted by Crippen LogP contribution is -2.56. The SMILES string of the molecule is CCC(NC(=O)CN1C(=O)C(C)Oc2ccccc21)(C(=O)O)c1ccccc1. The molecule has 7 heteroatoms. The third-order valence-corrected chi connectivity index (χ3v) is 4.89. The van der Waals surface area contributed by atoms with Crippen LogP contribution >= 0.6 is 0 Å². The Hall–Kier alpha value is -3.35. The van der Waals surface area contributed by atoms with Crippen LogP contribution in [0, 0.1) is 0 Å². The molecule has 2 N–H and O–H groups in total. The number of ether oxygens (including phenoxy) is 1. The van der Waals surface area contributed by atoms with E-state index in [4.69, 9.17) is 4.74 Å². The number of hydrogen-bond acceptors (Lipinski definition) is 4. The van der Waals surface area contributed by atoms with Gasteiger partial charge in [0.05, 0.1) is 5.69 Å². The van der Waals surface area contributed by atoms with Gasteiger partial charge in [0.25, 0.3) is 5.91 Å². The van der Waals surface area contributed by atoms with E-state index in [9.17, 15) is 19.5 Å². The molecule has 0 radical (unpaired) electrons. The molecule has 146 valence electrons. The average Bonchev–Trinajstić information content (AvgIpc) is 2.70. The van der Waals surface area contributed by atoms with E-state index in [1.165, 1.54) is 4.90 Å². The van der Waals surface area contributed by atoms with Gasteiger partial charge < -0.3 is 15.2 Å². The topological polar surface area (TPSA) is 95.9 Å². The monoisotopic (exact) mass is 382 g/mol. The Morgan fingerprint density at radius 2 is 1.79 bits per heavy atom. The van der Waals surface area contributed by atoms with Gasteiger partial charge in [-0.3, -0.25) is 14.5 Å². The first kappa shape index (κ1) is 19.4. The molecule has 0 aromatic heterocycles. The molecule has 1 aliphatic rings. The maximum Gasteiger partial charge on any atom is 0.334 e. The largest absolute Gasteiger partial charge is 0.479 e. The van der Waals surface area contributed by atoms with Gasteiger partial charge in [0.15, 0.2) is 11.6 Å². The number of hydrogen-bond donors (Lipinski definition) is 2. The maximum atomic E-state index is 12.8. The highest BCUT2D eigenvalue weighted by molar-refractivity contribution is 6.04. The highest BCUT2D eigenvalue weighted by atomic mass is 16.5. The van der Waals surface area contributed by atoms with Crippen LogP contribution in [0.3, 0.4) is 0 Å². The third kappa shape index (κ3) is 3.43. The number of carbonyl (C=O) groups excluding carboxylic acids is 2. The van der Waals surface area contributed by atoms with Crippen LogP contribution in [0.5, 0.6) is 5.75 Å². The maximum absolute atomic E-state index is 12.8. The molecule has 2 aromatic carbocycles. The summed E-state index contributed by atoms with van der Waals surface area (Å²) in [5, 5.41) is 12.5. The summed E-state index contributed by atoms with van der Waals surface area (Å²) >= 11 is 0. The van der Waals surface area contributed by atoms with Gasteiger partial charge in [-0.15, -0.1) is 0 Å². The fraction of sp³-hybridized carbons (Fsp3) is 0.286. The van der Waals surface area contributed by atoms with Crippen molar-refractivity contribution in [3.8, 4) is 5.75 Å². The van der Waals surface area contributed by atoms with Crippen molar-refractivity contribution in [3.05, 3.63) is 60.2 Å². The van der Waals surface area contributed by atoms with Gasteiger partial charge in [0.2, 0.25) is 5.91 Å². The quantitative estimate of drug-likeness (QED) is 0.799. The molecule has 1 aliphatic heterocycles. The molecule has 2 atom stereocenters. The lowest BCUT2D eigenvalue weighted by Gasteiger charge is -2.34. The predicted octanol–water partition coefficient (Wildman–Crippen LogP) is 2.31. The van der Waals surface area contributed by atoms with Gasteiger partial charge in [-0.2, -0.15) is 0 Å². The molecule has 1 heterocycles. The fourth-order valence-corrected chi connectivity index (χ4v) is 3.36. The van der Waals surface area contributed by atoms with Crippen LogP contribution < -0.4 is 15.0 Å². The lowest BCUT2D eigenvalue weighted by molar-refractivity contribution is -0.148. The summed E-state index contributed by atoms with van der Waals surface area (Å²) in [6, 6.07) is 15.5. The lowest BCUT2D eigenvalue weighted by atomic mass is 9.87. The van der Waals surface area contributed by atoms with Crippen molar-refractivity contribution in [1.29, 1.82) is 0 Å². The normalized spacial score (nSPS) is 17.9. The zero-order chi connectivity index (χ0) is 20.3. The summed E-state index contributed by atoms with van der Waals surface area (Å²) in [6.45, 7) is 3.00. The molecule has 0 bridgehead atoms. The first-order valence-corrected chi connectivity index (χ1v) is 9.06. The number of amides is 2. The van der Waals surface area contributed by atoms with E-state index in [1.807, 2.05) is 0 Å². The van der Waals surface area contributed by atoms with Crippen LogP contribution in [-0.4, -0.2) is 35.5 Å². The molecule has 2 aromatic rings. The van der Waals surface area contributed by atoms with Gasteiger partial charge in [-0.1, -0.05) is 49.4 Å². The number of carboxylic acid groups (broad SMARTS) is 1. The summed E-state index contributed by atoms with van der Waals surface area (Å²) in [5.74, 6) is -1.57. The number of aliphatic carboxylic acids is 1. The van der Waals surface area contributed by atoms with Gasteiger partial charge in [0.1, 0.15) is 12.3 Å². The zero-order valence-electron chi connectivity index (χ0n) is 15.7. The molecule has 28 heavy (non-hydrogen) atoms. The van der Waals surface area contributed by atoms with Crippen LogP contribution in [0.2, 0.25) is 0 Å². The van der Waals surface area contributed by atoms with Crippen molar-refractivity contribution in [2.24, 2.45) is 0 Å². The first-order valence-electron chi connectivity index (χ1n) is 9.06. The van der Waals surface area contributed by atoms with Crippen LogP contribution in [0.1, 0.15) is 25.8 Å². The molecule has 2 amide bonds. The highest BCUT2D eigenvalue weighted by Crippen LogP contribution is 2.33. The second-order valence-corrected chi connectivity index (χ2v) is 6.63. The summed E-state index contributed by atoms with van der Waals surface area (Å²) in [7, 11) is 0. The minimum Gasteiger partial charge on any atom is -0.479 e. The van der Waals surface area contributed by atoms with Crippen LogP contribution in [0.15, 0.2) is 54.6 Å². The summed E-state index contributed by atoms with van der Waals surface area (Å²) in [4.78, 5) is 38.8. The van der Waals surface area contributed by atoms with Crippen molar-refractivity contribution in [2.45, 2.75) is 31.9 Å². The number of nitrogens with one attached hydrogen (secondary N) is 1. The number of carboxylic acids is 1. The van der Waals surface area contributed by atoms with E-state index in [0.29, 0.717) is 17.0 Å². The van der Waals surface area contributed by atoms with Crippen LogP contribution in [0.4, 0.5) is 5.69 Å². The predicted molar refractivity (Wildman–Crippen MR) is 103 cm³/mol. The Balaban J connectivity index is 1.88. The van der Waals surface area contributed by atoms with Gasteiger partial charge in [0, 0.05) is 0 Å². The second-order valence-electron chi connectivity index (χ2n) is 6.63. The van der Waals surface area contributed by atoms with Crippen molar-refractivity contribution < 1.29 is 24.2 Å². The molecule has 0 spiro atoms. The number of fused-ring (bicyclic) bond motifs is 1. The Morgan fingerprint density at radius 1 is 1.14 bits per heavy atom. The van der Waals surface area contributed by atoms with Crippen LogP contribution in [0.25, 0.3) is 0 Å². The summed E-state index contributed by atoms with van der Waals surface area (Å²) < 4.78 is 5.57. The van der Waals surface area contributed by atoms with E-state index >= 15 is 0 Å². The molecular weight excluding hydrogens is 360 g/mol. The van der Waals surface area contributed by atoms with E-state index in [0.717, 1.165) is 0 Å². The Bertz CT molecular complexity index is 899. The Kier molecular flexibility index (Phi) is 5.35. The average molecular weight is 382 g/mol. The zero-order valence-corrected chi connectivity index (χ0v) is 15.7. The molecule has 0 fully saturated rings. The van der Waals surface area contributed by atoms with Crippen molar-refractivity contribution in [2.75, 3.05) is 11.4 Å². The van der Waals surface area contributed by atoms with Crippen LogP contribution in [-0.2, 0) is 19.9 Å². The fourth-order valence-electron chi connectivity index (χ4n) is 3.36. The second kappa shape index (κ2) is 7.72. The standard InChI is InChI=1S/C21H22N2O5/c1-3-21(20(26)27,15-9-5-4-6-10-15)22-18(24)13-23-16-11-7-8-12-17(16)28-14(2)19(23)25/h4-12,14H,3,13H2,1-2H3,(H,22,24)(H,26,27). The molecule has 0 saturated carbocycles. The Morgan fingerprint density at radius 3 is 2.43 bits per heavy atom. The number of nitrogens with zero attached hydrogens (tertiary/aromatic N) is 1. The minimum atomic E-state index is -1.57. The number of rotatable bonds is 6. The van der Waals surface area contributed by atoms with Crippen molar-refractivity contribution >= 4 is 23.5 Å². The molecule has 0 saturated heterocycles. The smallest absolute Gasteiger partial charge is 0.334 e. The van der Waals surface area contributed by atoms with Gasteiger partial charge in [-0.05, 0) is 31.0 Å².